The summed E-state index contributed by atoms with van der Waals surface area (Å²) in [5, 5.41) is 0.976. The summed E-state index contributed by atoms with van der Waals surface area (Å²) in [6.45, 7) is 13.7. The van der Waals surface area contributed by atoms with E-state index in [2.05, 4.69) is 58.0 Å². The molecule has 4 aliphatic heterocycles. The number of fused-ring (bicyclic) bond motifs is 5. The van der Waals surface area contributed by atoms with Crippen molar-refractivity contribution < 1.29 is 42.4 Å². The van der Waals surface area contributed by atoms with Gasteiger partial charge in [-0.1, -0.05) is 53.5 Å². The summed E-state index contributed by atoms with van der Waals surface area (Å²) < 4.78 is 109. The smallest absolute Gasteiger partial charge is 0.410 e. The lowest BCUT2D eigenvalue weighted by Gasteiger charge is -2.42. The minimum Gasteiger partial charge on any atom is -0.468 e. The van der Waals surface area contributed by atoms with Crippen molar-refractivity contribution in [1.82, 2.24) is 24.8 Å². The molecular weight excluding hydrogens is 838 g/mol. The molecule has 11 nitrogen and oxygen atoms in total. The van der Waals surface area contributed by atoms with Gasteiger partial charge in [0.15, 0.2) is 12.6 Å². The van der Waals surface area contributed by atoms with E-state index in [1.54, 1.807) is 43.9 Å². The van der Waals surface area contributed by atoms with E-state index in [0.29, 0.717) is 29.4 Å². The molecule has 1 amide bonds. The molecule has 4 fully saturated rings. The molecule has 4 saturated heterocycles. The molecule has 4 aliphatic rings. The van der Waals surface area contributed by atoms with Crippen LogP contribution in [0.2, 0.25) is 16.6 Å². The van der Waals surface area contributed by atoms with Crippen molar-refractivity contribution in [2.75, 3.05) is 51.5 Å². The van der Waals surface area contributed by atoms with E-state index in [-0.39, 0.29) is 108 Å². The first-order chi connectivity index (χ1) is 31.8. The molecule has 15 heteroatoms. The van der Waals surface area contributed by atoms with Gasteiger partial charge in [0.1, 0.15) is 55.0 Å². The maximum Gasteiger partial charge on any atom is 0.410 e. The molecule has 0 radical (unpaired) electrons. The van der Waals surface area contributed by atoms with Crippen LogP contribution in [0.15, 0.2) is 30.5 Å². The normalized spacial score (nSPS) is 24.5. The van der Waals surface area contributed by atoms with Gasteiger partial charge in [-0.2, -0.15) is 9.97 Å². The SMILES string of the molecule is [2H]C1([2H])CC[C@@]2(C([2H])([2H])Oc3nc(N4C[C@H]5CC[C@@H](C4)N5C(=O)OC(C)(C)C)c4cnc(-c5cc(OCOC)cc6ccc(F)c(C#C[Si](C(C)C)(C(C)C)C(C)C)c56)c(F)c4n3)C[C@@H](F)CN12. The highest BCUT2D eigenvalue weighted by molar-refractivity contribution is 6.90. The number of methoxy groups -OCH3 is 1. The number of piperazine rings is 1. The van der Waals surface area contributed by atoms with Crippen molar-refractivity contribution in [3.05, 3.63) is 47.7 Å². The summed E-state index contributed by atoms with van der Waals surface area (Å²) in [6, 6.07) is 5.03. The second-order valence-corrected chi connectivity index (χ2v) is 25.3. The van der Waals surface area contributed by atoms with E-state index in [9.17, 15) is 7.54 Å². The third kappa shape index (κ3) is 8.39. The highest BCUT2D eigenvalue weighted by Crippen LogP contribution is 2.44. The zero-order valence-electron chi connectivity index (χ0n) is 42.6. The monoisotopic (exact) mass is 904 g/mol. The Morgan fingerprint density at radius 2 is 1.73 bits per heavy atom. The number of pyridine rings is 1. The molecule has 4 atom stereocenters. The van der Waals surface area contributed by atoms with E-state index in [4.69, 9.17) is 31.7 Å². The Balaban J connectivity index is 1.32. The van der Waals surface area contributed by atoms with Gasteiger partial charge in [0, 0.05) is 53.1 Å². The maximum absolute atomic E-state index is 18.0. The van der Waals surface area contributed by atoms with Crippen LogP contribution in [0.4, 0.5) is 23.8 Å². The van der Waals surface area contributed by atoms with E-state index in [1.807, 2.05) is 4.90 Å². The molecule has 0 saturated carbocycles. The van der Waals surface area contributed by atoms with E-state index < -0.39 is 62.2 Å². The number of halogens is 3. The molecule has 0 aliphatic carbocycles. The minimum atomic E-state index is -2.75. The van der Waals surface area contributed by atoms with Crippen LogP contribution in [-0.2, 0) is 9.47 Å². The summed E-state index contributed by atoms with van der Waals surface area (Å²) in [5.41, 5.74) is 1.67. The summed E-state index contributed by atoms with van der Waals surface area (Å²) in [5.74, 6) is 2.20. The Bertz CT molecular complexity index is 2640. The van der Waals surface area contributed by atoms with E-state index in [0.717, 1.165) is 0 Å². The van der Waals surface area contributed by atoms with Crippen LogP contribution in [0, 0.1) is 23.1 Å². The van der Waals surface area contributed by atoms with Crippen LogP contribution in [0.3, 0.4) is 0 Å². The van der Waals surface area contributed by atoms with Gasteiger partial charge in [0.2, 0.25) is 0 Å². The number of carbonyl (C=O) groups is 1. The lowest BCUT2D eigenvalue weighted by atomic mass is 9.95. The van der Waals surface area contributed by atoms with E-state index >= 15 is 13.2 Å². The summed E-state index contributed by atoms with van der Waals surface area (Å²) in [6.07, 6.45) is 0.382. The molecule has 2 aromatic carbocycles. The molecular formula is C49H63F3N6O5Si. The molecule has 2 bridgehead atoms. The van der Waals surface area contributed by atoms with Gasteiger partial charge in [0.05, 0.1) is 31.3 Å². The van der Waals surface area contributed by atoms with Crippen molar-refractivity contribution in [2.45, 2.75) is 140 Å². The predicted octanol–water partition coefficient (Wildman–Crippen LogP) is 10.2. The van der Waals surface area contributed by atoms with Crippen molar-refractivity contribution in [1.29, 1.82) is 0 Å². The topological polar surface area (TPSA) is 102 Å². The number of aromatic nitrogens is 3. The highest BCUT2D eigenvalue weighted by atomic mass is 28.3. The van der Waals surface area contributed by atoms with Gasteiger partial charge in [0.25, 0.3) is 0 Å². The number of alkyl halides is 1. The fourth-order valence-electron chi connectivity index (χ4n) is 10.8. The Morgan fingerprint density at radius 1 is 1.03 bits per heavy atom. The first kappa shape index (κ1) is 40.8. The second-order valence-electron chi connectivity index (χ2n) is 19.7. The third-order valence-corrected chi connectivity index (χ3v) is 19.9. The molecule has 8 rings (SSSR count). The molecule has 2 aromatic heterocycles. The fourth-order valence-corrected chi connectivity index (χ4v) is 16.0. The molecule has 64 heavy (non-hydrogen) atoms. The zero-order chi connectivity index (χ0) is 49.5. The Hall–Kier alpha value is -4.65. The summed E-state index contributed by atoms with van der Waals surface area (Å²) >= 11 is 0. The number of hydrogen-bond acceptors (Lipinski definition) is 10. The first-order valence-corrected chi connectivity index (χ1v) is 24.7. The Labute approximate surface area is 382 Å². The number of benzene rings is 2. The maximum atomic E-state index is 18.0. The number of ether oxygens (including phenoxy) is 4. The van der Waals surface area contributed by atoms with Crippen LogP contribution in [0.1, 0.15) is 105 Å². The number of hydrogen-bond donors (Lipinski definition) is 0. The van der Waals surface area contributed by atoms with Gasteiger partial charge >= 0.3 is 12.1 Å². The number of rotatable bonds is 11. The molecule has 6 heterocycles. The summed E-state index contributed by atoms with van der Waals surface area (Å²) in [7, 11) is -0.931. The zero-order valence-corrected chi connectivity index (χ0v) is 39.6. The highest BCUT2D eigenvalue weighted by Gasteiger charge is 2.50. The second kappa shape index (κ2) is 17.6. The van der Waals surface area contributed by atoms with Gasteiger partial charge in [-0.25, -0.2) is 18.0 Å². The molecule has 4 aromatic rings. The van der Waals surface area contributed by atoms with Crippen molar-refractivity contribution >= 4 is 41.7 Å². The first-order valence-electron chi connectivity index (χ1n) is 24.5. The van der Waals surface area contributed by atoms with Crippen LogP contribution >= 0.6 is 0 Å². The largest absolute Gasteiger partial charge is 0.468 e. The molecule has 0 spiro atoms. The quantitative estimate of drug-likeness (QED) is 0.0821. The number of amides is 1. The predicted molar refractivity (Wildman–Crippen MR) is 246 cm³/mol. The van der Waals surface area contributed by atoms with E-state index in [1.165, 1.54) is 24.3 Å². The number of carbonyl (C=O) groups excluding carboxylic acids is 1. The van der Waals surface area contributed by atoms with Crippen LogP contribution in [0.25, 0.3) is 32.9 Å². The standard InChI is InChI=1S/C49H63F3N6O5Si/c1-29(2)64(30(3)4,31(5)6)19-16-37-40(51)15-12-32-20-36(62-28-60-10)21-38(41(32)37)43-42(52)44-39(23-53-43)45(55-46(54-44)61-27-49-17-11-18-57(49)24-33(50)22-49)56-25-34-13-14-35(26-56)58(34)47(59)63-48(7,8)9/h12,15,20-21,23,29-31,33-35H,11,13-14,17-18,22,24-28H2,1-10H3/t33-,34-,35+,49+/m1/s1/i18D2,27D2. The molecule has 0 unspecified atom stereocenters. The van der Waals surface area contributed by atoms with Gasteiger partial charge < -0.3 is 23.8 Å². The van der Waals surface area contributed by atoms with Crippen LogP contribution in [-0.4, -0.2) is 115 Å². The van der Waals surface area contributed by atoms with Crippen molar-refractivity contribution in [3.8, 4) is 34.5 Å². The van der Waals surface area contributed by atoms with Crippen LogP contribution < -0.4 is 14.4 Å². The van der Waals surface area contributed by atoms with Crippen molar-refractivity contribution in [3.63, 3.8) is 0 Å². The molecule has 344 valence electrons. The Kier molecular flexibility index (Phi) is 11.2. The fraction of sp³-hybridized carbons (Fsp3) is 0.592. The van der Waals surface area contributed by atoms with Gasteiger partial charge in [-0.15, -0.1) is 5.54 Å². The third-order valence-electron chi connectivity index (χ3n) is 13.6. The minimum absolute atomic E-state index is 0.0439. The lowest BCUT2D eigenvalue weighted by Crippen LogP contribution is -2.57. The van der Waals surface area contributed by atoms with Crippen LogP contribution in [0.5, 0.6) is 11.8 Å². The van der Waals surface area contributed by atoms with Gasteiger partial charge in [-0.05, 0) is 93.2 Å². The number of anilines is 1. The van der Waals surface area contributed by atoms with Gasteiger partial charge in [-0.3, -0.25) is 14.8 Å². The number of nitrogens with zero attached hydrogens (tertiary/aromatic N) is 6. The molecule has 0 N–H and O–H groups in total. The average molecular weight is 905 g/mol. The summed E-state index contributed by atoms with van der Waals surface area (Å²) in [4.78, 5) is 32.3. The Morgan fingerprint density at radius 3 is 2.39 bits per heavy atom. The van der Waals surface area contributed by atoms with Crippen molar-refractivity contribution in [2.24, 2.45) is 0 Å². The lowest BCUT2D eigenvalue weighted by molar-refractivity contribution is 0.0122. The average Bonchev–Trinajstić information content (AvgIpc) is 3.84.